The summed E-state index contributed by atoms with van der Waals surface area (Å²) in [6, 6.07) is 22.3. The van der Waals surface area contributed by atoms with Gasteiger partial charge in [0, 0.05) is 48.6 Å². The van der Waals surface area contributed by atoms with E-state index in [2.05, 4.69) is 62.4 Å². The third-order valence-corrected chi connectivity index (χ3v) is 7.57. The maximum atomic E-state index is 11.5. The standard InChI is InChI=1S/C24H16NO.C11H20O2.Ir/c1-24(2)17-10-6-12-19-21(17)20-16(9-5-11-18(20)26-19)23-22(24)15-8-4-3-7-14(15)13-25-23;1-10(2,3)8(12)7-9(13)11(4,5)6;/h3-8,10-13H,1-2H3;7,12H,1-6H3;/q-1;;/b;8-7-;. The summed E-state index contributed by atoms with van der Waals surface area (Å²) in [4.78, 5) is 16.4. The number of fused-ring (bicyclic) bond motifs is 4. The van der Waals surface area contributed by atoms with Gasteiger partial charge in [-0.15, -0.1) is 17.7 Å². The molecule has 40 heavy (non-hydrogen) atoms. The van der Waals surface area contributed by atoms with Gasteiger partial charge in [-0.25, -0.2) is 0 Å². The molecule has 1 N–H and O–H groups in total. The zero-order valence-corrected chi connectivity index (χ0v) is 26.8. The smallest absolute Gasteiger partial charge is 0.164 e. The van der Waals surface area contributed by atoms with Crippen LogP contribution in [0.4, 0.5) is 0 Å². The van der Waals surface area contributed by atoms with Gasteiger partial charge < -0.3 is 14.5 Å². The molecule has 0 atom stereocenters. The predicted octanol–water partition coefficient (Wildman–Crippen LogP) is 9.33. The average Bonchev–Trinajstić information content (AvgIpc) is 3.22. The Hall–Kier alpha value is -3.27. The number of ketones is 1. The van der Waals surface area contributed by atoms with Crippen LogP contribution >= 0.6 is 0 Å². The fourth-order valence-electron chi connectivity index (χ4n) is 5.19. The molecule has 0 bridgehead atoms. The van der Waals surface area contributed by atoms with Gasteiger partial charge in [0.15, 0.2) is 5.78 Å². The maximum absolute atomic E-state index is 11.5. The Balaban J connectivity index is 0.000000229. The number of furan rings is 1. The molecule has 1 aliphatic carbocycles. The Morgan fingerprint density at radius 3 is 2.27 bits per heavy atom. The summed E-state index contributed by atoms with van der Waals surface area (Å²) >= 11 is 0. The monoisotopic (exact) mass is 711 g/mol. The van der Waals surface area contributed by atoms with Crippen LogP contribution < -0.4 is 0 Å². The third kappa shape index (κ3) is 5.02. The average molecular weight is 711 g/mol. The van der Waals surface area contributed by atoms with E-state index in [0.29, 0.717) is 0 Å². The van der Waals surface area contributed by atoms with E-state index in [-0.39, 0.29) is 42.5 Å². The molecule has 5 aromatic rings. The van der Waals surface area contributed by atoms with Crippen LogP contribution in [0, 0.1) is 16.9 Å². The van der Waals surface area contributed by atoms with Crippen molar-refractivity contribution in [2.24, 2.45) is 10.8 Å². The Labute approximate surface area is 249 Å². The molecule has 0 saturated carbocycles. The molecule has 209 valence electrons. The second kappa shape index (κ2) is 10.3. The molecule has 2 heterocycles. The van der Waals surface area contributed by atoms with Crippen molar-refractivity contribution in [3.63, 3.8) is 0 Å². The normalized spacial score (nSPS) is 14.3. The van der Waals surface area contributed by atoms with Crippen LogP contribution in [0.3, 0.4) is 0 Å². The number of aliphatic hydroxyl groups is 1. The van der Waals surface area contributed by atoms with E-state index in [1.54, 1.807) is 0 Å². The van der Waals surface area contributed by atoms with E-state index < -0.39 is 5.41 Å². The minimum Gasteiger partial charge on any atom is -0.512 e. The van der Waals surface area contributed by atoms with Crippen molar-refractivity contribution in [1.82, 2.24) is 4.98 Å². The van der Waals surface area contributed by atoms with Gasteiger partial charge in [0.2, 0.25) is 0 Å². The molecule has 1 aliphatic rings. The Morgan fingerprint density at radius 1 is 0.925 bits per heavy atom. The van der Waals surface area contributed by atoms with Crippen molar-refractivity contribution < 1.29 is 34.4 Å². The Kier molecular flexibility index (Phi) is 7.64. The summed E-state index contributed by atoms with van der Waals surface area (Å²) in [5, 5.41) is 14.3. The minimum absolute atomic E-state index is 0. The van der Waals surface area contributed by atoms with Gasteiger partial charge in [-0.2, -0.15) is 0 Å². The Morgan fingerprint density at radius 2 is 1.60 bits per heavy atom. The van der Waals surface area contributed by atoms with Gasteiger partial charge >= 0.3 is 0 Å². The molecule has 0 amide bonds. The molecule has 3 aromatic carbocycles. The SMILES string of the molecule is CC(C)(C)C(=O)/C=C(\O)C(C)(C)C.CC1(C)c2c(ncc3ccccc23)-c2[c-]ccc3oc4cccc1c4c23.[Ir]. The van der Waals surface area contributed by atoms with E-state index in [0.717, 1.165) is 27.8 Å². The van der Waals surface area contributed by atoms with E-state index in [4.69, 9.17) is 9.40 Å². The third-order valence-electron chi connectivity index (χ3n) is 7.57. The number of aliphatic hydroxyl groups excluding tert-OH is 1. The van der Waals surface area contributed by atoms with Crippen molar-refractivity contribution in [2.75, 3.05) is 0 Å². The van der Waals surface area contributed by atoms with Crippen molar-refractivity contribution in [1.29, 1.82) is 0 Å². The van der Waals surface area contributed by atoms with E-state index in [9.17, 15) is 9.90 Å². The van der Waals surface area contributed by atoms with Gasteiger partial charge in [-0.3, -0.25) is 4.79 Å². The zero-order chi connectivity index (χ0) is 28.3. The first kappa shape index (κ1) is 29.7. The molecule has 0 saturated heterocycles. The molecule has 0 spiro atoms. The quantitative estimate of drug-likeness (QED) is 0.107. The molecule has 0 aliphatic heterocycles. The van der Waals surface area contributed by atoms with Crippen molar-refractivity contribution >= 4 is 38.5 Å². The molecule has 6 rings (SSSR count). The van der Waals surface area contributed by atoms with E-state index in [1.165, 1.54) is 33.4 Å². The summed E-state index contributed by atoms with van der Waals surface area (Å²) in [7, 11) is 0. The summed E-state index contributed by atoms with van der Waals surface area (Å²) < 4.78 is 6.16. The summed E-state index contributed by atoms with van der Waals surface area (Å²) in [6.07, 6.45) is 3.31. The second-order valence-corrected chi connectivity index (χ2v) is 13.0. The molecule has 5 heteroatoms. The number of nitrogens with zero attached hydrogens (tertiary/aromatic N) is 1. The van der Waals surface area contributed by atoms with Crippen LogP contribution in [0.15, 0.2) is 77.0 Å². The molecule has 2 aromatic heterocycles. The molecule has 0 unspecified atom stereocenters. The number of allylic oxidation sites excluding steroid dienone is 2. The van der Waals surface area contributed by atoms with Crippen LogP contribution in [0.5, 0.6) is 0 Å². The zero-order valence-electron chi connectivity index (χ0n) is 24.4. The molecule has 0 fully saturated rings. The van der Waals surface area contributed by atoms with Gasteiger partial charge in [-0.1, -0.05) is 103 Å². The van der Waals surface area contributed by atoms with E-state index in [1.807, 2.05) is 59.9 Å². The summed E-state index contributed by atoms with van der Waals surface area (Å²) in [5.74, 6) is 0.104. The summed E-state index contributed by atoms with van der Waals surface area (Å²) in [6.45, 7) is 15.7. The Bertz CT molecular complexity index is 1780. The van der Waals surface area contributed by atoms with Crippen LogP contribution in [0.2, 0.25) is 0 Å². The van der Waals surface area contributed by atoms with Crippen molar-refractivity contribution in [2.45, 2.75) is 60.8 Å². The topological polar surface area (TPSA) is 63.3 Å². The molecule has 1 radical (unpaired) electrons. The fraction of sp³-hybridized carbons (Fsp3) is 0.314. The van der Waals surface area contributed by atoms with Crippen LogP contribution in [0.1, 0.15) is 66.5 Å². The number of benzene rings is 3. The molecular formula is C35H36IrNO3-. The van der Waals surface area contributed by atoms with Crippen molar-refractivity contribution in [3.8, 4) is 11.3 Å². The second-order valence-electron chi connectivity index (χ2n) is 13.0. The maximum Gasteiger partial charge on any atom is 0.164 e. The number of carbonyl (C=O) groups is 1. The van der Waals surface area contributed by atoms with Crippen LogP contribution in [-0.4, -0.2) is 15.9 Å². The largest absolute Gasteiger partial charge is 0.512 e. The van der Waals surface area contributed by atoms with Crippen LogP contribution in [0.25, 0.3) is 44.0 Å². The fourth-order valence-corrected chi connectivity index (χ4v) is 5.19. The number of hydrogen-bond acceptors (Lipinski definition) is 4. The number of rotatable bonds is 1. The minimum atomic E-state index is -0.417. The number of aromatic nitrogens is 1. The van der Waals surface area contributed by atoms with Gasteiger partial charge in [-0.05, 0) is 39.0 Å². The first-order valence-corrected chi connectivity index (χ1v) is 13.4. The first-order chi connectivity index (χ1) is 18.2. The number of carbonyl (C=O) groups excluding carboxylic acids is 1. The van der Waals surface area contributed by atoms with Gasteiger partial charge in [0.25, 0.3) is 0 Å². The number of hydrogen-bond donors (Lipinski definition) is 1. The van der Waals surface area contributed by atoms with E-state index >= 15 is 0 Å². The molecular weight excluding hydrogens is 675 g/mol. The van der Waals surface area contributed by atoms with Gasteiger partial charge in [0.05, 0.1) is 5.58 Å². The number of pyridine rings is 1. The first-order valence-electron chi connectivity index (χ1n) is 13.4. The molecule has 4 nitrogen and oxygen atoms in total. The predicted molar refractivity (Wildman–Crippen MR) is 160 cm³/mol. The van der Waals surface area contributed by atoms with Gasteiger partial charge in [0.1, 0.15) is 11.3 Å². The summed E-state index contributed by atoms with van der Waals surface area (Å²) in [5.41, 5.74) is 5.48. The van der Waals surface area contributed by atoms with Crippen molar-refractivity contribution in [3.05, 3.63) is 89.8 Å². The van der Waals surface area contributed by atoms with Crippen LogP contribution in [-0.2, 0) is 30.3 Å².